The molecule has 3 rings (SSSR count). The summed E-state index contributed by atoms with van der Waals surface area (Å²) in [6, 6.07) is 21.1. The molecule has 0 unspecified atom stereocenters. The molecule has 0 bridgehead atoms. The summed E-state index contributed by atoms with van der Waals surface area (Å²) in [4.78, 5) is 5.62. The van der Waals surface area contributed by atoms with E-state index >= 15 is 0 Å². The van der Waals surface area contributed by atoms with Crippen molar-refractivity contribution in [1.29, 1.82) is 0 Å². The number of pyridine rings is 1. The molecule has 1 heterocycles. The molecular formula is C16H13NS. The molecule has 18 heavy (non-hydrogen) atoms. The summed E-state index contributed by atoms with van der Waals surface area (Å²) in [6.07, 6.45) is 1.83. The van der Waals surface area contributed by atoms with Crippen molar-refractivity contribution in [3.8, 4) is 0 Å². The third-order valence-electron chi connectivity index (χ3n) is 2.82. The topological polar surface area (TPSA) is 12.9 Å². The van der Waals surface area contributed by atoms with Crippen LogP contribution in [0.3, 0.4) is 0 Å². The zero-order valence-corrected chi connectivity index (χ0v) is 10.7. The average molecular weight is 251 g/mol. The van der Waals surface area contributed by atoms with Gasteiger partial charge in [-0.15, -0.1) is 11.8 Å². The highest BCUT2D eigenvalue weighted by Crippen LogP contribution is 2.25. The van der Waals surface area contributed by atoms with Crippen molar-refractivity contribution in [2.45, 2.75) is 10.6 Å². The Morgan fingerprint density at radius 3 is 2.67 bits per heavy atom. The predicted octanol–water partition coefficient (Wildman–Crippen LogP) is 4.53. The number of benzene rings is 2. The summed E-state index contributed by atoms with van der Waals surface area (Å²) >= 11 is 1.86. The number of aromatic nitrogens is 1. The Bertz CT molecular complexity index is 649. The molecule has 0 aliphatic rings. The van der Waals surface area contributed by atoms with Crippen LogP contribution in [0, 0.1) is 0 Å². The first-order valence-electron chi connectivity index (χ1n) is 5.93. The second-order valence-electron chi connectivity index (χ2n) is 4.13. The minimum atomic E-state index is 1.01. The number of hydrogen-bond acceptors (Lipinski definition) is 2. The number of thioether (sulfide) groups is 1. The van der Waals surface area contributed by atoms with Crippen LogP contribution in [0.2, 0.25) is 0 Å². The quantitative estimate of drug-likeness (QED) is 0.634. The Morgan fingerprint density at radius 2 is 1.78 bits per heavy atom. The Hall–Kier alpha value is -1.80. The van der Waals surface area contributed by atoms with Crippen LogP contribution in [0.25, 0.3) is 10.9 Å². The Morgan fingerprint density at radius 1 is 0.889 bits per heavy atom. The van der Waals surface area contributed by atoms with Crippen LogP contribution in [-0.2, 0) is 5.75 Å². The fourth-order valence-electron chi connectivity index (χ4n) is 1.88. The van der Waals surface area contributed by atoms with Crippen molar-refractivity contribution in [2.75, 3.05) is 0 Å². The van der Waals surface area contributed by atoms with Gasteiger partial charge >= 0.3 is 0 Å². The van der Waals surface area contributed by atoms with Crippen molar-refractivity contribution in [3.63, 3.8) is 0 Å². The van der Waals surface area contributed by atoms with Gasteiger partial charge in [-0.25, -0.2) is 0 Å². The van der Waals surface area contributed by atoms with Crippen LogP contribution < -0.4 is 0 Å². The Labute approximate surface area is 111 Å². The number of rotatable bonds is 3. The number of nitrogens with zero attached hydrogens (tertiary/aromatic N) is 1. The summed E-state index contributed by atoms with van der Waals surface area (Å²) in [5.41, 5.74) is 2.41. The molecule has 0 atom stereocenters. The van der Waals surface area contributed by atoms with E-state index in [4.69, 9.17) is 0 Å². The third-order valence-corrected chi connectivity index (χ3v) is 3.89. The molecule has 0 saturated heterocycles. The monoisotopic (exact) mass is 251 g/mol. The van der Waals surface area contributed by atoms with Gasteiger partial charge in [0.2, 0.25) is 0 Å². The van der Waals surface area contributed by atoms with Crippen molar-refractivity contribution in [2.24, 2.45) is 0 Å². The van der Waals surface area contributed by atoms with Gasteiger partial charge in [0, 0.05) is 22.2 Å². The lowest BCUT2D eigenvalue weighted by molar-refractivity contribution is 1.37. The largest absolute Gasteiger partial charge is 0.256 e. The molecule has 2 heteroatoms. The van der Waals surface area contributed by atoms with Gasteiger partial charge in [0.05, 0.1) is 5.52 Å². The van der Waals surface area contributed by atoms with Crippen molar-refractivity contribution in [3.05, 3.63) is 72.4 Å². The molecule has 0 radical (unpaired) electrons. The number of hydrogen-bond donors (Lipinski definition) is 0. The molecular weight excluding hydrogens is 238 g/mol. The van der Waals surface area contributed by atoms with E-state index in [2.05, 4.69) is 59.6 Å². The number of fused-ring (bicyclic) bond motifs is 1. The minimum Gasteiger partial charge on any atom is -0.256 e. The van der Waals surface area contributed by atoms with Crippen LogP contribution in [-0.4, -0.2) is 4.98 Å². The van der Waals surface area contributed by atoms with Gasteiger partial charge in [0.1, 0.15) is 0 Å². The maximum atomic E-state index is 4.33. The lowest BCUT2D eigenvalue weighted by Gasteiger charge is -2.03. The smallest absolute Gasteiger partial charge is 0.0702 e. The van der Waals surface area contributed by atoms with Crippen molar-refractivity contribution >= 4 is 22.7 Å². The van der Waals surface area contributed by atoms with E-state index in [0.717, 1.165) is 11.3 Å². The molecule has 0 N–H and O–H groups in total. The van der Waals surface area contributed by atoms with Gasteiger partial charge in [0.25, 0.3) is 0 Å². The fourth-order valence-corrected chi connectivity index (χ4v) is 2.78. The summed E-state index contributed by atoms with van der Waals surface area (Å²) in [6.45, 7) is 0. The molecule has 0 fully saturated rings. The summed E-state index contributed by atoms with van der Waals surface area (Å²) in [5.74, 6) is 1.01. The van der Waals surface area contributed by atoms with E-state index in [9.17, 15) is 0 Å². The van der Waals surface area contributed by atoms with Crippen LogP contribution >= 0.6 is 11.8 Å². The van der Waals surface area contributed by atoms with E-state index in [1.165, 1.54) is 15.8 Å². The van der Waals surface area contributed by atoms with Crippen LogP contribution in [0.15, 0.2) is 71.8 Å². The lowest BCUT2D eigenvalue weighted by atomic mass is 10.2. The van der Waals surface area contributed by atoms with Gasteiger partial charge in [-0.2, -0.15) is 0 Å². The van der Waals surface area contributed by atoms with Gasteiger partial charge in [-0.05, 0) is 29.8 Å². The molecule has 0 saturated carbocycles. The van der Waals surface area contributed by atoms with Gasteiger partial charge < -0.3 is 0 Å². The maximum absolute atomic E-state index is 4.33. The first-order chi connectivity index (χ1) is 8.92. The van der Waals surface area contributed by atoms with E-state index in [1.54, 1.807) is 0 Å². The zero-order valence-electron chi connectivity index (χ0n) is 9.91. The normalized spacial score (nSPS) is 10.7. The second kappa shape index (κ2) is 5.23. The van der Waals surface area contributed by atoms with E-state index in [-0.39, 0.29) is 0 Å². The molecule has 0 aliphatic heterocycles. The van der Waals surface area contributed by atoms with Gasteiger partial charge in [0.15, 0.2) is 0 Å². The van der Waals surface area contributed by atoms with Crippen LogP contribution in [0.1, 0.15) is 5.56 Å². The van der Waals surface area contributed by atoms with E-state index < -0.39 is 0 Å². The average Bonchev–Trinajstić information content (AvgIpc) is 2.46. The summed E-state index contributed by atoms with van der Waals surface area (Å²) in [7, 11) is 0. The molecule has 88 valence electrons. The molecule has 0 spiro atoms. The van der Waals surface area contributed by atoms with Crippen LogP contribution in [0.4, 0.5) is 0 Å². The fraction of sp³-hybridized carbons (Fsp3) is 0.0625. The summed E-state index contributed by atoms with van der Waals surface area (Å²) < 4.78 is 0. The third kappa shape index (κ3) is 2.54. The van der Waals surface area contributed by atoms with Gasteiger partial charge in [-0.3, -0.25) is 4.98 Å². The highest BCUT2D eigenvalue weighted by atomic mass is 32.2. The zero-order chi connectivity index (χ0) is 12.2. The SMILES string of the molecule is c1ccc(CSc2ccc3ncccc3c2)cc1. The molecule has 1 aromatic heterocycles. The lowest BCUT2D eigenvalue weighted by Crippen LogP contribution is -1.81. The minimum absolute atomic E-state index is 1.01. The second-order valence-corrected chi connectivity index (χ2v) is 5.18. The molecule has 2 aromatic carbocycles. The summed E-state index contributed by atoms with van der Waals surface area (Å²) in [5, 5.41) is 1.20. The van der Waals surface area contributed by atoms with E-state index in [1.807, 2.05) is 24.0 Å². The highest BCUT2D eigenvalue weighted by Gasteiger charge is 1.98. The van der Waals surface area contributed by atoms with E-state index in [0.29, 0.717) is 0 Å². The Kier molecular flexibility index (Phi) is 3.29. The molecule has 0 aliphatic carbocycles. The molecule has 3 aromatic rings. The van der Waals surface area contributed by atoms with Gasteiger partial charge in [-0.1, -0.05) is 36.4 Å². The molecule has 1 nitrogen and oxygen atoms in total. The van der Waals surface area contributed by atoms with Crippen molar-refractivity contribution < 1.29 is 0 Å². The first kappa shape index (κ1) is 11.3. The predicted molar refractivity (Wildman–Crippen MR) is 77.7 cm³/mol. The Balaban J connectivity index is 1.79. The maximum Gasteiger partial charge on any atom is 0.0702 e. The highest BCUT2D eigenvalue weighted by molar-refractivity contribution is 7.98. The molecule has 0 amide bonds. The van der Waals surface area contributed by atoms with Crippen molar-refractivity contribution in [1.82, 2.24) is 4.98 Å². The standard InChI is InChI=1S/C16H13NS/c1-2-5-13(6-3-1)12-18-15-8-9-16-14(11-15)7-4-10-17-16/h1-11H,12H2. The van der Waals surface area contributed by atoms with Crippen LogP contribution in [0.5, 0.6) is 0 Å². The first-order valence-corrected chi connectivity index (χ1v) is 6.92.